The third kappa shape index (κ3) is 11.5. The fourth-order valence-electron chi connectivity index (χ4n) is 4.89. The molecule has 3 unspecified atom stereocenters. The van der Waals surface area contributed by atoms with Crippen LogP contribution in [0.25, 0.3) is 0 Å². The van der Waals surface area contributed by atoms with Crippen molar-refractivity contribution in [3.8, 4) is 0 Å². The largest absolute Gasteiger partial charge is 0.478 e. The van der Waals surface area contributed by atoms with Gasteiger partial charge in [0.15, 0.2) is 0 Å². The summed E-state index contributed by atoms with van der Waals surface area (Å²) in [5.74, 6) is -1.72. The number of esters is 1. The zero-order valence-electron chi connectivity index (χ0n) is 26.2. The Morgan fingerprint density at radius 3 is 1.74 bits per heavy atom. The first-order chi connectivity index (χ1) is 19.3. The van der Waals surface area contributed by atoms with Gasteiger partial charge >= 0.3 is 23.9 Å². The molecule has 0 amide bonds. The minimum atomic E-state index is -0.935. The Labute approximate surface area is 250 Å². The van der Waals surface area contributed by atoms with Crippen LogP contribution in [-0.4, -0.2) is 39.2 Å². The predicted molar refractivity (Wildman–Crippen MR) is 165 cm³/mol. The molecule has 0 heterocycles. The van der Waals surface area contributed by atoms with Gasteiger partial charge in [-0.15, -0.1) is 0 Å². The third-order valence-corrected chi connectivity index (χ3v) is 8.31. The molecule has 0 radical (unpaired) electrons. The first-order valence-electron chi connectivity index (χ1n) is 13.9. The normalized spacial score (nSPS) is 21.1. The number of carboxylic acids is 3. The van der Waals surface area contributed by atoms with Crippen molar-refractivity contribution in [1.29, 1.82) is 0 Å². The van der Waals surface area contributed by atoms with Crippen LogP contribution in [0, 0.1) is 22.7 Å². The van der Waals surface area contributed by atoms with Gasteiger partial charge in [0.2, 0.25) is 0 Å². The van der Waals surface area contributed by atoms with Gasteiger partial charge in [0.05, 0.1) is 0 Å². The van der Waals surface area contributed by atoms with E-state index in [9.17, 15) is 19.2 Å². The van der Waals surface area contributed by atoms with E-state index in [1.807, 2.05) is 36.4 Å². The number of benzene rings is 1. The topological polar surface area (TPSA) is 138 Å². The molecule has 3 atom stereocenters. The van der Waals surface area contributed by atoms with Crippen molar-refractivity contribution in [2.45, 2.75) is 80.8 Å². The van der Waals surface area contributed by atoms with Gasteiger partial charge in [0.25, 0.3) is 0 Å². The molecule has 0 aromatic heterocycles. The fourth-order valence-corrected chi connectivity index (χ4v) is 4.89. The number of carbonyl (C=O) groups excluding carboxylic acids is 1. The number of fused-ring (bicyclic) bond motifs is 2. The van der Waals surface area contributed by atoms with E-state index >= 15 is 0 Å². The maximum absolute atomic E-state index is 11.0. The lowest BCUT2D eigenvalue weighted by Gasteiger charge is -2.38. The molecule has 0 aliphatic heterocycles. The van der Waals surface area contributed by atoms with Crippen LogP contribution in [0.4, 0.5) is 0 Å². The van der Waals surface area contributed by atoms with Gasteiger partial charge in [-0.05, 0) is 74.7 Å². The number of carbonyl (C=O) groups is 4. The predicted octanol–water partition coefficient (Wildman–Crippen LogP) is 7.47. The SMILES string of the molecule is C=C(C)C(=O)O.C=C(C)C(=O)OCc1ccccc1.C=C(CC)C(=O)O.CC(=CC1CC2CCC1(C)C2(C)C)C(=O)O. The van der Waals surface area contributed by atoms with Crippen molar-refractivity contribution in [3.63, 3.8) is 0 Å². The van der Waals surface area contributed by atoms with Gasteiger partial charge in [-0.3, -0.25) is 0 Å². The van der Waals surface area contributed by atoms with Gasteiger partial charge in [-0.2, -0.15) is 0 Å². The lowest BCUT2D eigenvalue weighted by Crippen LogP contribution is -2.31. The Kier molecular flexibility index (Phi) is 15.5. The lowest BCUT2D eigenvalue weighted by atomic mass is 9.66. The Hall–Kier alpha value is -3.94. The summed E-state index contributed by atoms with van der Waals surface area (Å²) < 4.78 is 4.95. The number of hydrogen-bond acceptors (Lipinski definition) is 5. The van der Waals surface area contributed by atoms with Crippen LogP contribution < -0.4 is 0 Å². The van der Waals surface area contributed by atoms with E-state index in [1.165, 1.54) is 26.2 Å². The highest BCUT2D eigenvalue weighted by Gasteiger charge is 2.60. The summed E-state index contributed by atoms with van der Waals surface area (Å²) in [5, 5.41) is 24.9. The molecule has 8 nitrogen and oxygen atoms in total. The quantitative estimate of drug-likeness (QED) is 0.211. The summed E-state index contributed by atoms with van der Waals surface area (Å²) in [6, 6.07) is 9.55. The van der Waals surface area contributed by atoms with Crippen LogP contribution >= 0.6 is 0 Å². The molecule has 1 aromatic carbocycles. The van der Waals surface area contributed by atoms with Crippen molar-refractivity contribution in [2.24, 2.45) is 22.7 Å². The minimum absolute atomic E-state index is 0.176. The van der Waals surface area contributed by atoms with Crippen molar-refractivity contribution in [1.82, 2.24) is 0 Å². The molecule has 0 saturated heterocycles. The van der Waals surface area contributed by atoms with E-state index in [0.29, 0.717) is 40.9 Å². The second-order valence-corrected chi connectivity index (χ2v) is 11.6. The molecule has 2 fully saturated rings. The highest BCUT2D eigenvalue weighted by atomic mass is 16.5. The summed E-state index contributed by atoms with van der Waals surface area (Å²) in [6.45, 7) is 23.8. The van der Waals surface area contributed by atoms with Gasteiger partial charge < -0.3 is 20.1 Å². The molecule has 2 saturated carbocycles. The molecule has 2 aliphatic carbocycles. The van der Waals surface area contributed by atoms with Gasteiger partial charge in [0.1, 0.15) is 6.61 Å². The van der Waals surface area contributed by atoms with Gasteiger partial charge in [0, 0.05) is 22.3 Å². The maximum Gasteiger partial charge on any atom is 0.333 e. The summed E-state index contributed by atoms with van der Waals surface area (Å²) in [5.41, 5.74) is 3.03. The maximum atomic E-state index is 11.0. The smallest absolute Gasteiger partial charge is 0.333 e. The number of aliphatic carboxylic acids is 3. The summed E-state index contributed by atoms with van der Waals surface area (Å²) in [7, 11) is 0. The first kappa shape index (κ1) is 38.1. The van der Waals surface area contributed by atoms with Gasteiger partial charge in [-0.25, -0.2) is 19.2 Å². The zero-order valence-corrected chi connectivity index (χ0v) is 26.2. The number of ether oxygens (including phenoxy) is 1. The molecule has 1 aromatic rings. The van der Waals surface area contributed by atoms with Gasteiger partial charge in [-0.1, -0.05) is 83.8 Å². The Balaban J connectivity index is 0.000000579. The molecule has 232 valence electrons. The highest BCUT2D eigenvalue weighted by molar-refractivity contribution is 5.87. The number of hydrogen-bond donors (Lipinski definition) is 3. The number of carboxylic acid groups (broad SMARTS) is 3. The minimum Gasteiger partial charge on any atom is -0.478 e. The fraction of sp³-hybridized carbons (Fsp3) is 0.471. The van der Waals surface area contributed by atoms with Crippen LogP contribution in [0.15, 0.2) is 78.4 Å². The molecule has 3 rings (SSSR count). The van der Waals surface area contributed by atoms with Crippen LogP contribution in [0.3, 0.4) is 0 Å². The van der Waals surface area contributed by atoms with E-state index in [0.717, 1.165) is 11.5 Å². The lowest BCUT2D eigenvalue weighted by molar-refractivity contribution is -0.140. The zero-order chi connectivity index (χ0) is 32.8. The van der Waals surface area contributed by atoms with E-state index in [4.69, 9.17) is 20.1 Å². The van der Waals surface area contributed by atoms with E-state index in [-0.39, 0.29) is 17.1 Å². The average Bonchev–Trinajstić information content (AvgIpc) is 3.26. The van der Waals surface area contributed by atoms with Crippen LogP contribution in [-0.2, 0) is 30.5 Å². The molecule has 2 bridgehead atoms. The molecule has 0 spiro atoms. The van der Waals surface area contributed by atoms with Crippen LogP contribution in [0.1, 0.15) is 79.7 Å². The average molecular weight is 585 g/mol. The Morgan fingerprint density at radius 2 is 1.43 bits per heavy atom. The van der Waals surface area contributed by atoms with Crippen molar-refractivity contribution in [2.75, 3.05) is 0 Å². The molecule has 8 heteroatoms. The monoisotopic (exact) mass is 584 g/mol. The van der Waals surface area contributed by atoms with Crippen molar-refractivity contribution >= 4 is 23.9 Å². The Morgan fingerprint density at radius 1 is 0.905 bits per heavy atom. The molecular formula is C34H48O8. The van der Waals surface area contributed by atoms with Crippen LogP contribution in [0.2, 0.25) is 0 Å². The van der Waals surface area contributed by atoms with E-state index in [1.54, 1.807) is 20.8 Å². The highest BCUT2D eigenvalue weighted by Crippen LogP contribution is 2.68. The van der Waals surface area contributed by atoms with Crippen molar-refractivity contribution in [3.05, 3.63) is 84.0 Å². The number of rotatable bonds is 8. The first-order valence-corrected chi connectivity index (χ1v) is 13.9. The standard InChI is InChI=1S/C14H22O2.C11H12O2.C5H8O2.C4H6O2/c1-9(12(15)16)7-11-8-10-5-6-14(11,4)13(10,2)3;1-9(2)11(12)13-8-10-6-4-3-5-7-10;1-3-4(2)5(6)7;1-3(2)4(5)6/h7,10-11H,5-6,8H2,1-4H3,(H,15,16);3-7H,1,8H2,2H3;2-3H2,1H3,(H,6,7);1H2,2H3,(H,5,6). The second-order valence-electron chi connectivity index (χ2n) is 11.6. The molecule has 3 N–H and O–H groups in total. The van der Waals surface area contributed by atoms with E-state index < -0.39 is 17.9 Å². The molecule has 2 aliphatic rings. The summed E-state index contributed by atoms with van der Waals surface area (Å²) in [6.07, 6.45) is 6.27. The summed E-state index contributed by atoms with van der Waals surface area (Å²) >= 11 is 0. The number of allylic oxidation sites excluding steroid dienone is 1. The molecular weight excluding hydrogens is 536 g/mol. The summed E-state index contributed by atoms with van der Waals surface area (Å²) in [4.78, 5) is 41.3. The molecule has 42 heavy (non-hydrogen) atoms. The second kappa shape index (κ2) is 17.1. The van der Waals surface area contributed by atoms with Crippen LogP contribution in [0.5, 0.6) is 0 Å². The Bertz CT molecular complexity index is 1160. The third-order valence-electron chi connectivity index (χ3n) is 8.31. The van der Waals surface area contributed by atoms with Crippen molar-refractivity contribution < 1.29 is 39.2 Å². The van der Waals surface area contributed by atoms with E-state index in [2.05, 4.69) is 40.5 Å².